The van der Waals surface area contributed by atoms with E-state index in [1.807, 2.05) is 36.4 Å². The summed E-state index contributed by atoms with van der Waals surface area (Å²) in [6.07, 6.45) is 0.672. The molecule has 22 heavy (non-hydrogen) atoms. The number of carbonyl (C=O) groups is 1. The first-order valence-electron chi connectivity index (χ1n) is 7.44. The lowest BCUT2D eigenvalue weighted by Gasteiger charge is -2.26. The smallest absolute Gasteiger partial charge is 0.247 e. The summed E-state index contributed by atoms with van der Waals surface area (Å²) in [5.74, 6) is 0.0202. The third-order valence-electron chi connectivity index (χ3n) is 4.08. The summed E-state index contributed by atoms with van der Waals surface area (Å²) in [5.41, 5.74) is 2.99. The summed E-state index contributed by atoms with van der Waals surface area (Å²) in [4.78, 5) is 12.3. The van der Waals surface area contributed by atoms with Gasteiger partial charge >= 0.3 is 0 Å². The minimum absolute atomic E-state index is 0.0202. The molecule has 0 saturated heterocycles. The molecule has 1 heterocycles. The quantitative estimate of drug-likeness (QED) is 0.752. The van der Waals surface area contributed by atoms with E-state index in [4.69, 9.17) is 0 Å². The molecule has 1 atom stereocenters. The van der Waals surface area contributed by atoms with E-state index >= 15 is 0 Å². The van der Waals surface area contributed by atoms with Crippen LogP contribution >= 0.6 is 0 Å². The molecular weight excluding hydrogens is 272 g/mol. The van der Waals surface area contributed by atoms with Gasteiger partial charge in [-0.2, -0.15) is 0 Å². The predicted octanol–water partition coefficient (Wildman–Crippen LogP) is 3.82. The maximum atomic E-state index is 12.3. The zero-order valence-corrected chi connectivity index (χ0v) is 12.0. The van der Waals surface area contributed by atoms with Crippen molar-refractivity contribution in [3.63, 3.8) is 0 Å². The normalized spacial score (nSPS) is 16.7. The second-order valence-corrected chi connectivity index (χ2v) is 5.62. The van der Waals surface area contributed by atoms with Crippen molar-refractivity contribution in [2.45, 2.75) is 12.5 Å². The number of para-hydroxylation sites is 2. The van der Waals surface area contributed by atoms with Gasteiger partial charge in [-0.05, 0) is 28.5 Å². The van der Waals surface area contributed by atoms with Crippen LogP contribution in [0.25, 0.3) is 10.8 Å². The first-order valence-corrected chi connectivity index (χ1v) is 7.44. The van der Waals surface area contributed by atoms with E-state index in [0.717, 1.165) is 16.9 Å². The standard InChI is InChI=1S/C19H16N2O/c22-19-18(20-16-7-3-4-8-17(16)21-19)12-13-9-10-14-5-1-2-6-15(14)11-13/h1-11,18,20H,12H2,(H,21,22)/t18-/m0/s1. The average molecular weight is 288 g/mol. The van der Waals surface area contributed by atoms with E-state index in [9.17, 15) is 4.79 Å². The Morgan fingerprint density at radius 2 is 1.55 bits per heavy atom. The van der Waals surface area contributed by atoms with E-state index in [-0.39, 0.29) is 11.9 Å². The third-order valence-corrected chi connectivity index (χ3v) is 4.08. The number of hydrogen-bond acceptors (Lipinski definition) is 2. The number of carbonyl (C=O) groups excluding carboxylic acids is 1. The Bertz CT molecular complexity index is 857. The SMILES string of the molecule is O=C1Nc2ccccc2N[C@H]1Cc1ccc2ccccc2c1. The van der Waals surface area contributed by atoms with Gasteiger partial charge in [0.2, 0.25) is 5.91 Å². The lowest BCUT2D eigenvalue weighted by Crippen LogP contribution is -2.40. The molecule has 2 N–H and O–H groups in total. The highest BCUT2D eigenvalue weighted by Gasteiger charge is 2.25. The maximum Gasteiger partial charge on any atom is 0.247 e. The number of nitrogens with one attached hydrogen (secondary N) is 2. The second kappa shape index (κ2) is 5.19. The van der Waals surface area contributed by atoms with Crippen molar-refractivity contribution in [2.75, 3.05) is 10.6 Å². The fraction of sp³-hybridized carbons (Fsp3) is 0.105. The van der Waals surface area contributed by atoms with Gasteiger partial charge in [-0.25, -0.2) is 0 Å². The van der Waals surface area contributed by atoms with E-state index in [1.165, 1.54) is 10.8 Å². The highest BCUT2D eigenvalue weighted by molar-refractivity contribution is 6.03. The van der Waals surface area contributed by atoms with E-state index in [1.54, 1.807) is 0 Å². The highest BCUT2D eigenvalue weighted by atomic mass is 16.2. The molecule has 0 saturated carbocycles. The average Bonchev–Trinajstić information content (AvgIpc) is 2.55. The van der Waals surface area contributed by atoms with Crippen molar-refractivity contribution >= 4 is 28.1 Å². The first-order chi connectivity index (χ1) is 10.8. The highest BCUT2D eigenvalue weighted by Crippen LogP contribution is 2.27. The lowest BCUT2D eigenvalue weighted by molar-refractivity contribution is -0.117. The van der Waals surface area contributed by atoms with Gasteiger partial charge in [0.05, 0.1) is 11.4 Å². The number of anilines is 2. The monoisotopic (exact) mass is 288 g/mol. The zero-order valence-electron chi connectivity index (χ0n) is 12.0. The molecule has 1 aliphatic rings. The van der Waals surface area contributed by atoms with Gasteiger partial charge in [-0.1, -0.05) is 54.6 Å². The molecule has 0 unspecified atom stereocenters. The number of hydrogen-bond donors (Lipinski definition) is 2. The van der Waals surface area contributed by atoms with Crippen LogP contribution in [0.15, 0.2) is 66.7 Å². The van der Waals surface area contributed by atoms with Crippen molar-refractivity contribution in [2.24, 2.45) is 0 Å². The molecule has 0 spiro atoms. The Morgan fingerprint density at radius 3 is 2.41 bits per heavy atom. The van der Waals surface area contributed by atoms with Gasteiger partial charge < -0.3 is 10.6 Å². The van der Waals surface area contributed by atoms with Crippen molar-refractivity contribution in [3.8, 4) is 0 Å². The molecule has 3 aromatic rings. The van der Waals surface area contributed by atoms with Gasteiger partial charge in [0.25, 0.3) is 0 Å². The van der Waals surface area contributed by atoms with Gasteiger partial charge in [0.15, 0.2) is 0 Å². The summed E-state index contributed by atoms with van der Waals surface area (Å²) < 4.78 is 0. The van der Waals surface area contributed by atoms with Gasteiger partial charge in [-0.15, -0.1) is 0 Å². The van der Waals surface area contributed by atoms with Crippen LogP contribution in [-0.4, -0.2) is 11.9 Å². The molecular formula is C19H16N2O. The molecule has 0 aliphatic carbocycles. The Labute approximate surface area is 129 Å². The van der Waals surface area contributed by atoms with Crippen LogP contribution in [0, 0.1) is 0 Å². The molecule has 0 fully saturated rings. The minimum atomic E-state index is -0.240. The van der Waals surface area contributed by atoms with Gasteiger partial charge in [0.1, 0.15) is 6.04 Å². The van der Waals surface area contributed by atoms with Crippen LogP contribution in [0.5, 0.6) is 0 Å². The first kappa shape index (κ1) is 12.9. The molecule has 108 valence electrons. The molecule has 0 bridgehead atoms. The summed E-state index contributed by atoms with van der Waals surface area (Å²) in [6, 6.07) is 22.2. The predicted molar refractivity (Wildman–Crippen MR) is 90.1 cm³/mol. The Morgan fingerprint density at radius 1 is 0.818 bits per heavy atom. The van der Waals surface area contributed by atoms with E-state index < -0.39 is 0 Å². The molecule has 4 rings (SSSR count). The van der Waals surface area contributed by atoms with Crippen LogP contribution in [0.1, 0.15) is 5.56 Å². The lowest BCUT2D eigenvalue weighted by atomic mass is 9.99. The summed E-state index contributed by atoms with van der Waals surface area (Å²) in [7, 11) is 0. The minimum Gasteiger partial charge on any atom is -0.372 e. The number of benzene rings is 3. The summed E-state index contributed by atoms with van der Waals surface area (Å²) in [5, 5.41) is 8.72. The Kier molecular flexibility index (Phi) is 3.04. The Balaban J connectivity index is 1.61. The molecule has 3 nitrogen and oxygen atoms in total. The van der Waals surface area contributed by atoms with Gasteiger partial charge in [-0.3, -0.25) is 4.79 Å². The zero-order chi connectivity index (χ0) is 14.9. The number of amides is 1. The van der Waals surface area contributed by atoms with Crippen LogP contribution < -0.4 is 10.6 Å². The van der Waals surface area contributed by atoms with Crippen molar-refractivity contribution in [3.05, 3.63) is 72.3 Å². The van der Waals surface area contributed by atoms with Crippen LogP contribution in [0.4, 0.5) is 11.4 Å². The fourth-order valence-corrected chi connectivity index (χ4v) is 2.94. The van der Waals surface area contributed by atoms with Crippen molar-refractivity contribution in [1.82, 2.24) is 0 Å². The topological polar surface area (TPSA) is 41.1 Å². The fourth-order valence-electron chi connectivity index (χ4n) is 2.94. The molecule has 3 aromatic carbocycles. The molecule has 0 aromatic heterocycles. The summed E-state index contributed by atoms with van der Waals surface area (Å²) in [6.45, 7) is 0. The van der Waals surface area contributed by atoms with Crippen molar-refractivity contribution in [1.29, 1.82) is 0 Å². The molecule has 1 aliphatic heterocycles. The van der Waals surface area contributed by atoms with Gasteiger partial charge in [0, 0.05) is 6.42 Å². The Hall–Kier alpha value is -2.81. The maximum absolute atomic E-state index is 12.3. The number of rotatable bonds is 2. The van der Waals surface area contributed by atoms with Crippen molar-refractivity contribution < 1.29 is 4.79 Å². The molecule has 3 heteroatoms. The number of fused-ring (bicyclic) bond motifs is 2. The van der Waals surface area contributed by atoms with Crippen LogP contribution in [-0.2, 0) is 11.2 Å². The van der Waals surface area contributed by atoms with E-state index in [2.05, 4.69) is 41.0 Å². The molecule has 1 amide bonds. The van der Waals surface area contributed by atoms with Crippen LogP contribution in [0.3, 0.4) is 0 Å². The van der Waals surface area contributed by atoms with Crippen LogP contribution in [0.2, 0.25) is 0 Å². The van der Waals surface area contributed by atoms with E-state index in [0.29, 0.717) is 6.42 Å². The molecule has 0 radical (unpaired) electrons. The second-order valence-electron chi connectivity index (χ2n) is 5.62. The largest absolute Gasteiger partial charge is 0.372 e. The summed E-state index contributed by atoms with van der Waals surface area (Å²) >= 11 is 0. The third kappa shape index (κ3) is 2.31.